The number of nitrogens with one attached hydrogen (secondary N) is 2. The van der Waals surface area contributed by atoms with E-state index in [0.717, 1.165) is 16.7 Å². The fourth-order valence-electron chi connectivity index (χ4n) is 3.28. The molecule has 3 rings (SSSR count). The van der Waals surface area contributed by atoms with Gasteiger partial charge in [0.2, 0.25) is 5.91 Å². The lowest BCUT2D eigenvalue weighted by Crippen LogP contribution is -2.31. The molecule has 0 radical (unpaired) electrons. The van der Waals surface area contributed by atoms with E-state index in [2.05, 4.69) is 15.7 Å². The zero-order valence-electron chi connectivity index (χ0n) is 17.2. The van der Waals surface area contributed by atoms with Gasteiger partial charge in [-0.05, 0) is 54.9 Å². The first-order valence-corrected chi connectivity index (χ1v) is 10.2. The molecule has 0 atom stereocenters. The summed E-state index contributed by atoms with van der Waals surface area (Å²) in [6.45, 7) is 3.97. The number of carbonyl (C=O) groups is 1. The topological polar surface area (TPSA) is 80.9 Å². The Labute approximate surface area is 180 Å². The van der Waals surface area contributed by atoms with Gasteiger partial charge in [0, 0.05) is 48.8 Å². The van der Waals surface area contributed by atoms with Gasteiger partial charge in [0.25, 0.3) is 5.56 Å². The van der Waals surface area contributed by atoms with Crippen molar-refractivity contribution in [1.82, 2.24) is 25.0 Å². The molecule has 1 amide bonds. The molecule has 0 aliphatic rings. The highest BCUT2D eigenvalue weighted by atomic mass is 35.5. The molecule has 2 aromatic heterocycles. The van der Waals surface area contributed by atoms with Crippen LogP contribution in [-0.2, 0) is 37.4 Å². The van der Waals surface area contributed by atoms with Crippen LogP contribution < -0.4 is 16.2 Å². The lowest BCUT2D eigenvalue weighted by molar-refractivity contribution is -0.120. The van der Waals surface area contributed by atoms with E-state index in [0.29, 0.717) is 36.8 Å². The van der Waals surface area contributed by atoms with Crippen molar-refractivity contribution in [2.45, 2.75) is 39.5 Å². The molecule has 0 spiro atoms. The van der Waals surface area contributed by atoms with Crippen molar-refractivity contribution in [1.29, 1.82) is 0 Å². The molecule has 158 valence electrons. The van der Waals surface area contributed by atoms with Crippen molar-refractivity contribution in [2.75, 3.05) is 7.05 Å². The second-order valence-electron chi connectivity index (χ2n) is 7.14. The van der Waals surface area contributed by atoms with Crippen LogP contribution in [0.15, 0.2) is 53.7 Å². The molecule has 0 aliphatic heterocycles. The van der Waals surface area contributed by atoms with Gasteiger partial charge in [-0.25, -0.2) is 0 Å². The van der Waals surface area contributed by atoms with Gasteiger partial charge in [-0.15, -0.1) is 0 Å². The maximum absolute atomic E-state index is 12.9. The standard InChI is InChI=1S/C22H26ClN5O2/c1-16-6-9-27(10-11-28-8-3-7-26-28)22(30)20(16)13-21(29)25-15-18-12-19(23)5-4-17(18)14-24-2/h3-9,12,24H,10-11,13-15H2,1-2H3,(H,25,29). The number of hydrogen-bond acceptors (Lipinski definition) is 4. The minimum Gasteiger partial charge on any atom is -0.352 e. The summed E-state index contributed by atoms with van der Waals surface area (Å²) in [5.41, 5.74) is 3.20. The first kappa shape index (κ1) is 21.8. The summed E-state index contributed by atoms with van der Waals surface area (Å²) >= 11 is 6.10. The number of carbonyl (C=O) groups excluding carboxylic acids is 1. The van der Waals surface area contributed by atoms with Crippen LogP contribution in [0.4, 0.5) is 0 Å². The Morgan fingerprint density at radius 2 is 1.97 bits per heavy atom. The van der Waals surface area contributed by atoms with Crippen LogP contribution in [-0.4, -0.2) is 27.3 Å². The van der Waals surface area contributed by atoms with E-state index in [9.17, 15) is 9.59 Å². The monoisotopic (exact) mass is 427 g/mol. The average molecular weight is 428 g/mol. The maximum Gasteiger partial charge on any atom is 0.254 e. The Morgan fingerprint density at radius 3 is 2.70 bits per heavy atom. The molecule has 0 saturated carbocycles. The van der Waals surface area contributed by atoms with Gasteiger partial charge in [0.1, 0.15) is 0 Å². The summed E-state index contributed by atoms with van der Waals surface area (Å²) in [5.74, 6) is -0.199. The number of nitrogens with zero attached hydrogens (tertiary/aromatic N) is 3. The summed E-state index contributed by atoms with van der Waals surface area (Å²) in [5, 5.41) is 10.8. The highest BCUT2D eigenvalue weighted by Crippen LogP contribution is 2.16. The van der Waals surface area contributed by atoms with Crippen molar-refractivity contribution in [3.8, 4) is 0 Å². The first-order chi connectivity index (χ1) is 14.5. The molecule has 8 heteroatoms. The predicted molar refractivity (Wildman–Crippen MR) is 117 cm³/mol. The fourth-order valence-corrected chi connectivity index (χ4v) is 3.48. The molecule has 0 aliphatic carbocycles. The van der Waals surface area contributed by atoms with Crippen LogP contribution in [0.5, 0.6) is 0 Å². The molecular weight excluding hydrogens is 402 g/mol. The number of rotatable bonds is 9. The lowest BCUT2D eigenvalue weighted by atomic mass is 10.1. The number of pyridine rings is 1. The molecular formula is C22H26ClN5O2. The van der Waals surface area contributed by atoms with E-state index in [1.54, 1.807) is 21.6 Å². The quantitative estimate of drug-likeness (QED) is 0.549. The maximum atomic E-state index is 12.9. The summed E-state index contributed by atoms with van der Waals surface area (Å²) in [7, 11) is 1.87. The van der Waals surface area contributed by atoms with Crippen molar-refractivity contribution in [3.63, 3.8) is 0 Å². The Kier molecular flexibility index (Phi) is 7.43. The normalized spacial score (nSPS) is 10.9. The third kappa shape index (κ3) is 5.58. The van der Waals surface area contributed by atoms with E-state index in [1.165, 1.54) is 0 Å². The predicted octanol–water partition coefficient (Wildman–Crippen LogP) is 2.29. The molecule has 0 bridgehead atoms. The van der Waals surface area contributed by atoms with E-state index >= 15 is 0 Å². The second kappa shape index (κ2) is 10.2. The molecule has 1 aromatic carbocycles. The number of benzene rings is 1. The van der Waals surface area contributed by atoms with E-state index in [4.69, 9.17) is 11.6 Å². The van der Waals surface area contributed by atoms with Crippen molar-refractivity contribution >= 4 is 17.5 Å². The lowest BCUT2D eigenvalue weighted by Gasteiger charge is -2.13. The average Bonchev–Trinajstić information content (AvgIpc) is 3.24. The summed E-state index contributed by atoms with van der Waals surface area (Å²) in [4.78, 5) is 25.4. The number of hydrogen-bond donors (Lipinski definition) is 2. The number of aryl methyl sites for hydroxylation is 3. The molecule has 2 heterocycles. The van der Waals surface area contributed by atoms with Crippen LogP contribution >= 0.6 is 11.6 Å². The minimum atomic E-state index is -0.199. The van der Waals surface area contributed by atoms with Crippen LogP contribution in [0.25, 0.3) is 0 Å². The van der Waals surface area contributed by atoms with Crippen molar-refractivity contribution in [3.05, 3.63) is 86.6 Å². The van der Waals surface area contributed by atoms with Gasteiger partial charge in [-0.2, -0.15) is 5.10 Å². The van der Waals surface area contributed by atoms with Gasteiger partial charge in [0.05, 0.1) is 13.0 Å². The number of aromatic nitrogens is 3. The molecule has 2 N–H and O–H groups in total. The Morgan fingerprint density at radius 1 is 1.13 bits per heavy atom. The Balaban J connectivity index is 1.67. The van der Waals surface area contributed by atoms with E-state index < -0.39 is 0 Å². The third-order valence-corrected chi connectivity index (χ3v) is 5.21. The third-order valence-electron chi connectivity index (χ3n) is 4.98. The Hall–Kier alpha value is -2.90. The second-order valence-corrected chi connectivity index (χ2v) is 7.58. The number of amides is 1. The smallest absolute Gasteiger partial charge is 0.254 e. The van der Waals surface area contributed by atoms with E-state index in [1.807, 2.05) is 50.5 Å². The van der Waals surface area contributed by atoms with Crippen molar-refractivity contribution in [2.24, 2.45) is 0 Å². The highest BCUT2D eigenvalue weighted by molar-refractivity contribution is 6.30. The fraction of sp³-hybridized carbons (Fsp3) is 0.318. The summed E-state index contributed by atoms with van der Waals surface area (Å²) in [6.07, 6.45) is 5.36. The van der Waals surface area contributed by atoms with Gasteiger partial charge in [0.15, 0.2) is 0 Å². The van der Waals surface area contributed by atoms with Gasteiger partial charge in [-0.1, -0.05) is 17.7 Å². The van der Waals surface area contributed by atoms with Gasteiger partial charge >= 0.3 is 0 Å². The van der Waals surface area contributed by atoms with E-state index in [-0.39, 0.29) is 17.9 Å². The van der Waals surface area contributed by atoms with Gasteiger partial charge in [-0.3, -0.25) is 14.3 Å². The van der Waals surface area contributed by atoms with Gasteiger partial charge < -0.3 is 15.2 Å². The summed E-state index contributed by atoms with van der Waals surface area (Å²) in [6, 6.07) is 9.34. The molecule has 30 heavy (non-hydrogen) atoms. The zero-order valence-corrected chi connectivity index (χ0v) is 17.9. The SMILES string of the molecule is CNCc1ccc(Cl)cc1CNC(=O)Cc1c(C)ccn(CCn2cccn2)c1=O. The largest absolute Gasteiger partial charge is 0.352 e. The van der Waals surface area contributed by atoms with Crippen molar-refractivity contribution < 1.29 is 4.79 Å². The van der Waals surface area contributed by atoms with Crippen LogP contribution in [0.3, 0.4) is 0 Å². The first-order valence-electron chi connectivity index (χ1n) is 9.83. The van der Waals surface area contributed by atoms with Crippen LogP contribution in [0.1, 0.15) is 22.3 Å². The van der Waals surface area contributed by atoms with Crippen LogP contribution in [0.2, 0.25) is 5.02 Å². The molecule has 0 fully saturated rings. The molecule has 3 aromatic rings. The zero-order chi connectivity index (χ0) is 21.5. The molecule has 0 unspecified atom stereocenters. The summed E-state index contributed by atoms with van der Waals surface area (Å²) < 4.78 is 3.39. The Bertz CT molecular complexity index is 1060. The molecule has 0 saturated heterocycles. The minimum absolute atomic E-state index is 0.0369. The van der Waals surface area contributed by atoms with Crippen LogP contribution in [0, 0.1) is 6.92 Å². The molecule has 7 nitrogen and oxygen atoms in total. The highest BCUT2D eigenvalue weighted by Gasteiger charge is 2.13. The number of halogens is 1.